The number of hydrogen-bond donors (Lipinski definition) is 0. The molecular formula is C25H30N+. The topological polar surface area (TPSA) is 0 Å². The third-order valence-corrected chi connectivity index (χ3v) is 9.13. The fourth-order valence-corrected chi connectivity index (χ4v) is 8.54. The Labute approximate surface area is 157 Å². The molecule has 5 aliphatic rings. The summed E-state index contributed by atoms with van der Waals surface area (Å²) >= 11 is 0. The summed E-state index contributed by atoms with van der Waals surface area (Å²) in [6, 6.07) is 10.3. The predicted molar refractivity (Wildman–Crippen MR) is 107 cm³/mol. The molecule has 4 heterocycles. The van der Waals surface area contributed by atoms with Gasteiger partial charge in [-0.15, -0.1) is 0 Å². The van der Waals surface area contributed by atoms with Crippen molar-refractivity contribution >= 4 is 0 Å². The van der Waals surface area contributed by atoms with Crippen LogP contribution in [0.3, 0.4) is 0 Å². The van der Waals surface area contributed by atoms with E-state index in [0.29, 0.717) is 11.1 Å². The van der Waals surface area contributed by atoms with Crippen LogP contribution in [0.15, 0.2) is 60.2 Å². The molecule has 1 aromatic rings. The molecule has 3 unspecified atom stereocenters. The third-order valence-electron chi connectivity index (χ3n) is 9.13. The minimum absolute atomic E-state index is 0.112. The van der Waals surface area contributed by atoms with Crippen molar-refractivity contribution in [2.24, 2.45) is 5.92 Å². The highest BCUT2D eigenvalue weighted by atomic mass is 15.7. The molecule has 1 nitrogen and oxygen atoms in total. The molecule has 0 amide bonds. The van der Waals surface area contributed by atoms with Gasteiger partial charge in [0.15, 0.2) is 17.1 Å². The maximum Gasteiger partial charge on any atom is 0.180 e. The van der Waals surface area contributed by atoms with Gasteiger partial charge in [0.25, 0.3) is 0 Å². The molecule has 134 valence electrons. The van der Waals surface area contributed by atoms with E-state index in [-0.39, 0.29) is 5.54 Å². The third kappa shape index (κ3) is 1.13. The highest BCUT2D eigenvalue weighted by Crippen LogP contribution is 2.90. The molecule has 1 spiro atoms. The van der Waals surface area contributed by atoms with Crippen LogP contribution in [-0.4, -0.2) is 16.1 Å². The van der Waals surface area contributed by atoms with Gasteiger partial charge in [0.1, 0.15) is 5.54 Å². The maximum absolute atomic E-state index is 4.30. The number of quaternary nitrogens is 1. The van der Waals surface area contributed by atoms with Crippen molar-refractivity contribution in [1.82, 2.24) is 0 Å². The van der Waals surface area contributed by atoms with E-state index in [1.54, 1.807) is 22.3 Å². The van der Waals surface area contributed by atoms with Gasteiger partial charge in [-0.1, -0.05) is 56.0 Å². The zero-order valence-electron chi connectivity index (χ0n) is 16.4. The monoisotopic (exact) mass is 344 g/mol. The molecule has 2 saturated heterocycles. The zero-order valence-corrected chi connectivity index (χ0v) is 16.4. The van der Waals surface area contributed by atoms with Crippen LogP contribution < -0.4 is 0 Å². The molecule has 5 atom stereocenters. The first-order valence-electron chi connectivity index (χ1n) is 10.6. The lowest BCUT2D eigenvalue weighted by Crippen LogP contribution is -2.62. The molecule has 1 aromatic carbocycles. The van der Waals surface area contributed by atoms with Crippen LogP contribution in [0.1, 0.15) is 64.0 Å². The van der Waals surface area contributed by atoms with Crippen molar-refractivity contribution in [2.45, 2.75) is 75.5 Å². The fourth-order valence-electron chi connectivity index (χ4n) is 8.54. The average molecular weight is 345 g/mol. The first-order valence-corrected chi connectivity index (χ1v) is 10.6. The second kappa shape index (κ2) is 4.28. The van der Waals surface area contributed by atoms with E-state index in [9.17, 15) is 0 Å². The molecule has 0 N–H and O–H groups in total. The molecule has 0 aromatic heterocycles. The minimum atomic E-state index is 0.112. The zero-order chi connectivity index (χ0) is 17.9. The van der Waals surface area contributed by atoms with Gasteiger partial charge in [0, 0.05) is 35.1 Å². The molecule has 4 aliphatic heterocycles. The number of benzene rings is 1. The Morgan fingerprint density at radius 3 is 2.54 bits per heavy atom. The van der Waals surface area contributed by atoms with Gasteiger partial charge in [-0.2, -0.15) is 0 Å². The molecule has 1 saturated carbocycles. The number of fused-ring (bicyclic) bond motifs is 4. The van der Waals surface area contributed by atoms with Gasteiger partial charge in [-0.05, 0) is 32.6 Å². The number of hydrogen-bond acceptors (Lipinski definition) is 0. The van der Waals surface area contributed by atoms with Crippen molar-refractivity contribution in [3.05, 3.63) is 71.3 Å². The van der Waals surface area contributed by atoms with E-state index in [4.69, 9.17) is 0 Å². The van der Waals surface area contributed by atoms with E-state index >= 15 is 0 Å². The van der Waals surface area contributed by atoms with Gasteiger partial charge in [0.2, 0.25) is 0 Å². The Kier molecular flexibility index (Phi) is 2.54. The molecule has 0 radical (unpaired) electrons. The van der Waals surface area contributed by atoms with Gasteiger partial charge in [-0.3, -0.25) is 4.48 Å². The number of rotatable bonds is 5. The summed E-state index contributed by atoms with van der Waals surface area (Å²) in [6.07, 6.45) is 13.8. The summed E-state index contributed by atoms with van der Waals surface area (Å²) in [6.45, 7) is 11.5. The Bertz CT molecular complexity index is 918. The van der Waals surface area contributed by atoms with E-state index in [2.05, 4.69) is 69.8 Å². The van der Waals surface area contributed by atoms with Crippen molar-refractivity contribution in [3.8, 4) is 0 Å². The summed E-state index contributed by atoms with van der Waals surface area (Å²) in [7, 11) is 0. The minimum Gasteiger partial charge on any atom is -0.281 e. The molecule has 1 heteroatoms. The van der Waals surface area contributed by atoms with Crippen molar-refractivity contribution in [2.75, 3.05) is 0 Å². The Morgan fingerprint density at radius 1 is 1.19 bits per heavy atom. The SMILES string of the molecule is C=CC1=C(/C=C\C)C2(C)c3ccccc3[C@]3(CC4CC4)CC4[C@@]1(CC)[N+]423. The quantitative estimate of drug-likeness (QED) is 0.472. The van der Waals surface area contributed by atoms with E-state index < -0.39 is 0 Å². The average Bonchev–Trinajstić information content (AvgIpc) is 3.51. The highest BCUT2D eigenvalue weighted by molar-refractivity contribution is 5.65. The predicted octanol–water partition coefficient (Wildman–Crippen LogP) is 5.73. The van der Waals surface area contributed by atoms with Gasteiger partial charge in [0.05, 0.1) is 6.42 Å². The molecule has 3 fully saturated rings. The smallest absolute Gasteiger partial charge is 0.180 e. The maximum atomic E-state index is 4.30. The lowest BCUT2D eigenvalue weighted by atomic mass is 9.75. The summed E-state index contributed by atoms with van der Waals surface area (Å²) in [5.41, 5.74) is 7.22. The van der Waals surface area contributed by atoms with E-state index in [1.165, 1.54) is 36.6 Å². The molecule has 0 bridgehead atoms. The Hall–Kier alpha value is -1.60. The lowest BCUT2D eigenvalue weighted by Gasteiger charge is -2.51. The second-order valence-corrected chi connectivity index (χ2v) is 9.55. The summed E-state index contributed by atoms with van der Waals surface area (Å²) in [4.78, 5) is 0. The summed E-state index contributed by atoms with van der Waals surface area (Å²) in [5.74, 6) is 0.965. The Morgan fingerprint density at radius 2 is 1.92 bits per heavy atom. The first-order chi connectivity index (χ1) is 12.6. The van der Waals surface area contributed by atoms with Crippen LogP contribution in [0.2, 0.25) is 0 Å². The van der Waals surface area contributed by atoms with E-state index in [0.717, 1.165) is 12.0 Å². The number of nitrogens with zero attached hydrogens (tertiary/aromatic N) is 1. The number of allylic oxidation sites excluding steroid dienone is 1. The van der Waals surface area contributed by atoms with Crippen LogP contribution in [-0.2, 0) is 11.1 Å². The normalized spacial score (nSPS) is 46.8. The van der Waals surface area contributed by atoms with Gasteiger partial charge in [-0.25, -0.2) is 0 Å². The molecule has 26 heavy (non-hydrogen) atoms. The van der Waals surface area contributed by atoms with E-state index in [1.807, 2.05) is 0 Å². The van der Waals surface area contributed by atoms with Gasteiger partial charge >= 0.3 is 0 Å². The molecule has 6 rings (SSSR count). The van der Waals surface area contributed by atoms with Crippen LogP contribution in [0, 0.1) is 5.92 Å². The largest absolute Gasteiger partial charge is 0.281 e. The fraction of sp³-hybridized carbons (Fsp3) is 0.520. The molecule has 1 aliphatic carbocycles. The van der Waals surface area contributed by atoms with Gasteiger partial charge < -0.3 is 0 Å². The highest BCUT2D eigenvalue weighted by Gasteiger charge is 3.03. The second-order valence-electron chi connectivity index (χ2n) is 9.55. The summed E-state index contributed by atoms with van der Waals surface area (Å²) < 4.78 is 1.32. The van der Waals surface area contributed by atoms with Crippen molar-refractivity contribution < 1.29 is 4.48 Å². The molecular weight excluding hydrogens is 314 g/mol. The van der Waals surface area contributed by atoms with Crippen LogP contribution >= 0.6 is 0 Å². The van der Waals surface area contributed by atoms with Crippen LogP contribution in [0.25, 0.3) is 0 Å². The summed E-state index contributed by atoms with van der Waals surface area (Å²) in [5, 5.41) is 0. The van der Waals surface area contributed by atoms with Crippen LogP contribution in [0.5, 0.6) is 0 Å². The van der Waals surface area contributed by atoms with Crippen molar-refractivity contribution in [1.29, 1.82) is 0 Å². The standard InChI is InChI=1S/C25H30N/c1-5-10-19-18(6-2)25(7-3)22-16-24(15-17-13-14-17)21-12-9-8-11-20(21)23(19,4)26(22,24)25/h5-6,8-12,17,22H,2,7,13-16H2,1,3-4H3/q+1/b10-5-/t22?,23?,24-,25-,26?/m0/s1. The lowest BCUT2D eigenvalue weighted by molar-refractivity contribution is -0.970. The van der Waals surface area contributed by atoms with Crippen LogP contribution in [0.4, 0.5) is 0 Å². The first kappa shape index (κ1) is 15.5. The van der Waals surface area contributed by atoms with Crippen molar-refractivity contribution in [3.63, 3.8) is 0 Å². The Balaban J connectivity index is 1.71.